The number of hydrogen-bond acceptors (Lipinski definition) is 8. The van der Waals surface area contributed by atoms with E-state index in [1.54, 1.807) is 19.3 Å². The second-order valence-corrected chi connectivity index (χ2v) is 8.02. The van der Waals surface area contributed by atoms with E-state index < -0.39 is 0 Å². The predicted molar refractivity (Wildman–Crippen MR) is 113 cm³/mol. The number of carbonyl (C=O) groups is 1. The highest BCUT2D eigenvalue weighted by Crippen LogP contribution is 2.33. The van der Waals surface area contributed by atoms with Gasteiger partial charge in [0, 0.05) is 57.3 Å². The molecule has 1 N–H and O–H groups in total. The van der Waals surface area contributed by atoms with E-state index in [1.807, 2.05) is 23.2 Å². The number of H-pyrrole nitrogens is 1. The number of aromatic amines is 1. The number of anilines is 1. The Morgan fingerprint density at radius 3 is 2.84 bits per heavy atom. The summed E-state index contributed by atoms with van der Waals surface area (Å²) in [7, 11) is 0. The first-order valence-corrected chi connectivity index (χ1v) is 10.7. The molecule has 3 aromatic heterocycles. The molecule has 5 heterocycles. The Morgan fingerprint density at radius 1 is 1.19 bits per heavy atom. The topological polar surface area (TPSA) is 107 Å². The smallest absolute Gasteiger partial charge is 0.244 e. The third-order valence-corrected chi connectivity index (χ3v) is 6.05. The van der Waals surface area contributed by atoms with Gasteiger partial charge in [0.15, 0.2) is 0 Å². The molecule has 2 aliphatic rings. The fourth-order valence-electron chi connectivity index (χ4n) is 4.34. The number of nitrogens with zero attached hydrogens (tertiary/aromatic N) is 7. The molecule has 0 saturated carbocycles. The molecule has 2 fully saturated rings. The molecule has 162 valence electrons. The van der Waals surface area contributed by atoms with Gasteiger partial charge in [-0.05, 0) is 31.5 Å². The molecule has 10 heteroatoms. The summed E-state index contributed by atoms with van der Waals surface area (Å²) < 4.78 is 5.67. The number of likely N-dealkylation sites (tertiary alicyclic amines) is 1. The molecule has 5 rings (SSSR count). The fraction of sp³-hybridized carbons (Fsp3) is 0.476. The van der Waals surface area contributed by atoms with Crippen molar-refractivity contribution in [2.45, 2.75) is 32.4 Å². The average Bonchev–Trinajstić information content (AvgIpc) is 3.56. The molecule has 1 amide bonds. The van der Waals surface area contributed by atoms with E-state index in [0.717, 1.165) is 56.2 Å². The number of piperazine rings is 1. The van der Waals surface area contributed by atoms with E-state index in [9.17, 15) is 4.79 Å². The van der Waals surface area contributed by atoms with Crippen LogP contribution in [0.4, 0.5) is 5.82 Å². The van der Waals surface area contributed by atoms with Gasteiger partial charge in [0.05, 0.1) is 12.6 Å². The van der Waals surface area contributed by atoms with Crippen molar-refractivity contribution in [2.24, 2.45) is 0 Å². The third-order valence-electron chi connectivity index (χ3n) is 6.05. The normalized spacial score (nSPS) is 19.8. The lowest BCUT2D eigenvalue weighted by Crippen LogP contribution is -2.48. The van der Waals surface area contributed by atoms with Crippen LogP contribution in [0.3, 0.4) is 0 Å². The van der Waals surface area contributed by atoms with E-state index in [1.165, 1.54) is 0 Å². The molecule has 1 unspecified atom stereocenters. The van der Waals surface area contributed by atoms with Crippen LogP contribution < -0.4 is 4.90 Å². The Morgan fingerprint density at radius 2 is 2.06 bits per heavy atom. The Bertz CT molecular complexity index is 1030. The van der Waals surface area contributed by atoms with Gasteiger partial charge in [0.2, 0.25) is 17.6 Å². The summed E-state index contributed by atoms with van der Waals surface area (Å²) in [6, 6.07) is 4.00. The molecule has 0 radical (unpaired) electrons. The van der Waals surface area contributed by atoms with E-state index in [2.05, 4.69) is 29.9 Å². The van der Waals surface area contributed by atoms with Crippen molar-refractivity contribution in [3.8, 4) is 11.4 Å². The zero-order chi connectivity index (χ0) is 21.2. The number of amides is 1. The predicted octanol–water partition coefficient (Wildman–Crippen LogP) is 1.86. The Kier molecular flexibility index (Phi) is 5.37. The molecular formula is C21H26N8O2. The highest BCUT2D eigenvalue weighted by Gasteiger charge is 2.31. The molecular weight excluding hydrogens is 396 g/mol. The Balaban J connectivity index is 1.30. The van der Waals surface area contributed by atoms with Crippen LogP contribution in [0.2, 0.25) is 0 Å². The van der Waals surface area contributed by atoms with Gasteiger partial charge in [-0.3, -0.25) is 9.69 Å². The minimum Gasteiger partial charge on any atom is -0.353 e. The van der Waals surface area contributed by atoms with Gasteiger partial charge in [-0.1, -0.05) is 5.16 Å². The standard InChI is InChI=1S/C21H26N8O2/c1-15(30)27-9-11-28(12-10-27)19-13-16(4-5-24-19)20-25-21(31-26-20)17-3-2-8-29(17)14-18-22-6-7-23-18/h4-7,13,17H,2-3,8-12,14H2,1H3,(H,22,23). The van der Waals surface area contributed by atoms with E-state index in [4.69, 9.17) is 9.51 Å². The summed E-state index contributed by atoms with van der Waals surface area (Å²) in [5.74, 6) is 3.15. The molecule has 0 bridgehead atoms. The molecule has 0 aromatic carbocycles. The lowest BCUT2D eigenvalue weighted by atomic mass is 10.2. The fourth-order valence-corrected chi connectivity index (χ4v) is 4.34. The van der Waals surface area contributed by atoms with Crippen LogP contribution in [0.25, 0.3) is 11.4 Å². The molecule has 0 aliphatic carbocycles. The van der Waals surface area contributed by atoms with Gasteiger partial charge in [0.25, 0.3) is 0 Å². The lowest BCUT2D eigenvalue weighted by Gasteiger charge is -2.34. The minimum absolute atomic E-state index is 0.104. The van der Waals surface area contributed by atoms with Crippen LogP contribution in [0.1, 0.15) is 37.5 Å². The number of aromatic nitrogens is 5. The molecule has 0 spiro atoms. The third kappa shape index (κ3) is 4.15. The summed E-state index contributed by atoms with van der Waals surface area (Å²) in [4.78, 5) is 34.7. The van der Waals surface area contributed by atoms with Gasteiger partial charge in [-0.15, -0.1) is 0 Å². The highest BCUT2D eigenvalue weighted by molar-refractivity contribution is 5.73. The van der Waals surface area contributed by atoms with Crippen molar-refractivity contribution < 1.29 is 9.32 Å². The maximum atomic E-state index is 11.6. The number of carbonyl (C=O) groups excluding carboxylic acids is 1. The Labute approximate surface area is 180 Å². The second-order valence-electron chi connectivity index (χ2n) is 8.02. The van der Waals surface area contributed by atoms with E-state index >= 15 is 0 Å². The van der Waals surface area contributed by atoms with Crippen LogP contribution in [-0.2, 0) is 11.3 Å². The van der Waals surface area contributed by atoms with Gasteiger partial charge in [-0.25, -0.2) is 9.97 Å². The van der Waals surface area contributed by atoms with Gasteiger partial charge < -0.3 is 19.3 Å². The maximum Gasteiger partial charge on any atom is 0.244 e. The van der Waals surface area contributed by atoms with Crippen LogP contribution in [0.15, 0.2) is 35.2 Å². The minimum atomic E-state index is 0.104. The van der Waals surface area contributed by atoms with Crippen molar-refractivity contribution in [3.05, 3.63) is 42.4 Å². The molecule has 1 atom stereocenters. The molecule has 10 nitrogen and oxygen atoms in total. The SMILES string of the molecule is CC(=O)N1CCN(c2cc(-c3noc(C4CCCN4Cc4ncc[nH]4)n3)ccn2)CC1. The van der Waals surface area contributed by atoms with Crippen LogP contribution in [0.5, 0.6) is 0 Å². The summed E-state index contributed by atoms with van der Waals surface area (Å²) in [5, 5.41) is 4.25. The van der Waals surface area contributed by atoms with Crippen molar-refractivity contribution >= 4 is 11.7 Å². The van der Waals surface area contributed by atoms with Gasteiger partial charge in [-0.2, -0.15) is 4.98 Å². The first-order valence-electron chi connectivity index (χ1n) is 10.7. The van der Waals surface area contributed by atoms with E-state index in [0.29, 0.717) is 24.8 Å². The monoisotopic (exact) mass is 422 g/mol. The average molecular weight is 422 g/mol. The van der Waals surface area contributed by atoms with Crippen LogP contribution in [-0.4, -0.2) is 73.5 Å². The molecule has 3 aromatic rings. The van der Waals surface area contributed by atoms with Crippen LogP contribution >= 0.6 is 0 Å². The van der Waals surface area contributed by atoms with Crippen molar-refractivity contribution in [3.63, 3.8) is 0 Å². The quantitative estimate of drug-likeness (QED) is 0.664. The summed E-state index contributed by atoms with van der Waals surface area (Å²) in [6.45, 7) is 6.27. The number of hydrogen-bond donors (Lipinski definition) is 1. The van der Waals surface area contributed by atoms with E-state index in [-0.39, 0.29) is 11.9 Å². The first-order chi connectivity index (χ1) is 15.2. The molecule has 31 heavy (non-hydrogen) atoms. The molecule has 2 aliphatic heterocycles. The zero-order valence-corrected chi connectivity index (χ0v) is 17.6. The zero-order valence-electron chi connectivity index (χ0n) is 17.6. The van der Waals surface area contributed by atoms with Gasteiger partial charge >= 0.3 is 0 Å². The first kappa shape index (κ1) is 19.7. The number of nitrogens with one attached hydrogen (secondary N) is 1. The Hall–Kier alpha value is -3.27. The van der Waals surface area contributed by atoms with Crippen molar-refractivity contribution in [1.29, 1.82) is 0 Å². The number of rotatable bonds is 5. The van der Waals surface area contributed by atoms with Crippen molar-refractivity contribution in [1.82, 2.24) is 34.9 Å². The molecule has 2 saturated heterocycles. The highest BCUT2D eigenvalue weighted by atomic mass is 16.5. The summed E-state index contributed by atoms with van der Waals surface area (Å²) in [6.07, 6.45) is 7.47. The summed E-state index contributed by atoms with van der Waals surface area (Å²) >= 11 is 0. The second kappa shape index (κ2) is 8.46. The van der Waals surface area contributed by atoms with Crippen LogP contribution in [0, 0.1) is 0 Å². The number of pyridine rings is 1. The van der Waals surface area contributed by atoms with Gasteiger partial charge in [0.1, 0.15) is 11.6 Å². The number of imidazole rings is 1. The largest absolute Gasteiger partial charge is 0.353 e. The maximum absolute atomic E-state index is 11.6. The lowest BCUT2D eigenvalue weighted by molar-refractivity contribution is -0.129. The summed E-state index contributed by atoms with van der Waals surface area (Å²) in [5.41, 5.74) is 0.879. The van der Waals surface area contributed by atoms with Crippen molar-refractivity contribution in [2.75, 3.05) is 37.6 Å².